The number of methoxy groups -OCH3 is 3. The van der Waals surface area contributed by atoms with Crippen LogP contribution in [0.5, 0.6) is 0 Å². The number of rotatable bonds is 18. The third-order valence-corrected chi connectivity index (χ3v) is 22.8. The number of carbonyl (C=O) groups excluding carboxylic acids is 9. The van der Waals surface area contributed by atoms with Crippen molar-refractivity contribution in [3.05, 3.63) is 122 Å². The van der Waals surface area contributed by atoms with Gasteiger partial charge in [-0.05, 0) is 112 Å². The highest BCUT2D eigenvalue weighted by molar-refractivity contribution is 6.04. The molecule has 6 atom stereocenters. The van der Waals surface area contributed by atoms with Crippen LogP contribution in [0.1, 0.15) is 160 Å². The van der Waals surface area contributed by atoms with Crippen molar-refractivity contribution in [3.63, 3.8) is 0 Å². The Morgan fingerprint density at radius 1 is 0.430 bits per heavy atom. The molecule has 3 N–H and O–H groups in total. The van der Waals surface area contributed by atoms with Gasteiger partial charge in [0.2, 0.25) is 17.7 Å². The van der Waals surface area contributed by atoms with Crippen LogP contribution in [0.25, 0.3) is 0 Å². The van der Waals surface area contributed by atoms with Gasteiger partial charge in [-0.25, -0.2) is 44.3 Å². The summed E-state index contributed by atoms with van der Waals surface area (Å²) in [6, 6.07) is 16.1. The van der Waals surface area contributed by atoms with Crippen LogP contribution in [0.2, 0.25) is 0 Å². The summed E-state index contributed by atoms with van der Waals surface area (Å²) in [7, 11) is 5.02. The first-order valence-electron chi connectivity index (χ1n) is 38.8. The number of nitrogens with one attached hydrogen (secondary N) is 3. The number of likely N-dealkylation sites (tertiary alicyclic amines) is 3. The molecule has 6 aromatic heterocycles. The summed E-state index contributed by atoms with van der Waals surface area (Å²) in [5, 5.41) is 37.2. The SMILES string of the molecule is CO[C@@H]1CCN(c2cc(NC(=O)N3CCCc4cc(CN5CC[C@@H](C)C5=O)c(C=O)nc43)ncc2C#N)C1.CO[C@H]1CCN(c2cc(NC(=O)N3CCCc4cc(CN5CCC(C)C5=O)c(C=O)nc43)ncc2C#N)C1.CO[C@H]1CCN(c2cc(NC(=O)N3CCCc4cc(CN5CC[C@@H](C)C5=O)c(C=O)nc43)ncc2C#N)C1. The number of nitrogens with zero attached hydrogens (tertiary/aromatic N) is 18. The lowest BCUT2D eigenvalue weighted by Crippen LogP contribution is -2.40. The van der Waals surface area contributed by atoms with Crippen molar-refractivity contribution in [1.82, 2.24) is 44.6 Å². The number of pyridine rings is 6. The van der Waals surface area contributed by atoms with Gasteiger partial charge in [-0.15, -0.1) is 0 Å². The maximum atomic E-state index is 13.4. The minimum Gasteiger partial charge on any atom is -0.380 e. The number of amides is 9. The molecule has 0 aliphatic carbocycles. The first-order valence-corrected chi connectivity index (χ1v) is 38.8. The summed E-state index contributed by atoms with van der Waals surface area (Å²) in [5.41, 5.74) is 8.77. The normalized spacial score (nSPS) is 20.9. The summed E-state index contributed by atoms with van der Waals surface area (Å²) in [6.07, 6.45) is 16.0. The van der Waals surface area contributed by atoms with E-state index in [1.807, 2.05) is 39.0 Å². The fourth-order valence-corrected chi connectivity index (χ4v) is 16.3. The van der Waals surface area contributed by atoms with Crippen LogP contribution in [0, 0.1) is 51.7 Å². The van der Waals surface area contributed by atoms with Crippen LogP contribution in [-0.2, 0) is 67.5 Å². The molecule has 6 aromatic rings. The Morgan fingerprint density at radius 3 is 0.939 bits per heavy atom. The molecule has 0 bridgehead atoms. The molecule has 594 valence electrons. The van der Waals surface area contributed by atoms with Gasteiger partial charge in [-0.2, -0.15) is 15.8 Å². The molecule has 0 radical (unpaired) electrons. The molecule has 0 spiro atoms. The molecular formula is C81H93N21O12. The Hall–Kier alpha value is -12.1. The van der Waals surface area contributed by atoms with Crippen molar-refractivity contribution in [2.24, 2.45) is 17.8 Å². The van der Waals surface area contributed by atoms with Crippen LogP contribution < -0.4 is 45.3 Å². The second-order valence-corrected chi connectivity index (χ2v) is 30.2. The van der Waals surface area contributed by atoms with Gasteiger partial charge in [-0.1, -0.05) is 20.8 Å². The molecule has 15 heterocycles. The van der Waals surface area contributed by atoms with Gasteiger partial charge in [0.05, 0.1) is 52.1 Å². The Morgan fingerprint density at radius 2 is 0.711 bits per heavy atom. The van der Waals surface area contributed by atoms with Crippen molar-refractivity contribution in [1.29, 1.82) is 15.8 Å². The van der Waals surface area contributed by atoms with Crippen LogP contribution in [-0.4, -0.2) is 217 Å². The van der Waals surface area contributed by atoms with Crippen LogP contribution >= 0.6 is 0 Å². The fourth-order valence-electron chi connectivity index (χ4n) is 16.3. The van der Waals surface area contributed by atoms with Crippen LogP contribution in [0.15, 0.2) is 55.0 Å². The highest BCUT2D eigenvalue weighted by Gasteiger charge is 2.37. The summed E-state index contributed by atoms with van der Waals surface area (Å²) < 4.78 is 16.4. The molecule has 6 saturated heterocycles. The molecule has 9 amide bonds. The molecule has 6 fully saturated rings. The lowest BCUT2D eigenvalue weighted by molar-refractivity contribution is -0.131. The Balaban J connectivity index is 0.000000149. The topological polar surface area (TPSA) is 395 Å². The van der Waals surface area contributed by atoms with Crippen molar-refractivity contribution in [3.8, 4) is 18.2 Å². The predicted molar refractivity (Wildman–Crippen MR) is 420 cm³/mol. The van der Waals surface area contributed by atoms with E-state index in [0.29, 0.717) is 183 Å². The lowest BCUT2D eigenvalue weighted by Gasteiger charge is -2.29. The maximum absolute atomic E-state index is 13.4. The molecule has 9 aliphatic heterocycles. The quantitative estimate of drug-likeness (QED) is 0.0682. The second-order valence-electron chi connectivity index (χ2n) is 30.2. The summed E-state index contributed by atoms with van der Waals surface area (Å²) in [5.74, 6) is 2.52. The number of urea groups is 3. The summed E-state index contributed by atoms with van der Waals surface area (Å²) >= 11 is 0. The van der Waals surface area contributed by atoms with Gasteiger partial charge in [0.25, 0.3) is 0 Å². The van der Waals surface area contributed by atoms with E-state index < -0.39 is 18.1 Å². The highest BCUT2D eigenvalue weighted by atomic mass is 16.5. The average Bonchev–Trinajstić information content (AvgIpc) is 0.827. The number of aromatic nitrogens is 6. The van der Waals surface area contributed by atoms with Crippen molar-refractivity contribution in [2.45, 2.75) is 136 Å². The van der Waals surface area contributed by atoms with Gasteiger partial charge in [0, 0.05) is 191 Å². The third kappa shape index (κ3) is 17.4. The number of carbonyl (C=O) groups is 9. The summed E-state index contributed by atoms with van der Waals surface area (Å²) in [6.45, 7) is 14.3. The highest BCUT2D eigenvalue weighted by Crippen LogP contribution is 2.37. The van der Waals surface area contributed by atoms with E-state index in [1.165, 1.54) is 33.3 Å². The van der Waals surface area contributed by atoms with E-state index in [4.69, 9.17) is 14.2 Å². The molecule has 0 aromatic carbocycles. The van der Waals surface area contributed by atoms with E-state index in [0.717, 1.165) is 113 Å². The van der Waals surface area contributed by atoms with Gasteiger partial charge in [-0.3, -0.25) is 59.4 Å². The number of nitriles is 3. The maximum Gasteiger partial charge on any atom is 0.328 e. The molecule has 114 heavy (non-hydrogen) atoms. The van der Waals surface area contributed by atoms with Gasteiger partial charge < -0.3 is 43.6 Å². The third-order valence-electron chi connectivity index (χ3n) is 22.8. The van der Waals surface area contributed by atoms with Crippen molar-refractivity contribution < 1.29 is 57.4 Å². The number of anilines is 9. The Bertz CT molecular complexity index is 4390. The van der Waals surface area contributed by atoms with E-state index >= 15 is 0 Å². The smallest absolute Gasteiger partial charge is 0.328 e. The molecule has 15 rings (SSSR count). The number of hydrogen-bond acceptors (Lipinski definition) is 24. The number of ether oxygens (including phenoxy) is 3. The van der Waals surface area contributed by atoms with Crippen molar-refractivity contribution >= 4 is 107 Å². The second kappa shape index (κ2) is 35.7. The number of aryl methyl sites for hydroxylation is 3. The first kappa shape index (κ1) is 79.9. The van der Waals surface area contributed by atoms with Crippen LogP contribution in [0.4, 0.5) is 66.4 Å². The molecule has 1 unspecified atom stereocenters. The molecule has 33 nitrogen and oxygen atoms in total. The summed E-state index contributed by atoms with van der Waals surface area (Å²) in [4.78, 5) is 156. The molecule has 33 heteroatoms. The monoisotopic (exact) mass is 1550 g/mol. The average molecular weight is 1550 g/mol. The van der Waals surface area contributed by atoms with Crippen molar-refractivity contribution in [2.75, 3.05) is 145 Å². The van der Waals surface area contributed by atoms with E-state index in [-0.39, 0.29) is 70.9 Å². The molecule has 0 saturated carbocycles. The Kier molecular flexibility index (Phi) is 25.0. The standard InChI is InChI=1S/3C27H31N7O4/c3*1-17-5-8-33(26(17)36)14-19-10-18-4-3-7-34(25(18)30-22(19)16-35)27(37)31-24-11-23(20(12-28)13-29-24)32-9-6-21(15-32)38-2/h3*10-11,13,16-17,21H,3-9,14-15H2,1-2H3,(H,29,31,37)/t17?,21-;17-,21+;17-,21-/m011/s1. The largest absolute Gasteiger partial charge is 0.380 e. The van der Waals surface area contributed by atoms with E-state index in [1.54, 1.807) is 54.2 Å². The van der Waals surface area contributed by atoms with E-state index in [9.17, 15) is 58.9 Å². The number of aldehydes is 3. The zero-order valence-corrected chi connectivity index (χ0v) is 64.9. The number of hydrogen-bond donors (Lipinski definition) is 3. The molecule has 9 aliphatic rings. The zero-order valence-electron chi connectivity index (χ0n) is 64.9. The van der Waals surface area contributed by atoms with Gasteiger partial charge in [0.1, 0.15) is 70.2 Å². The molecular weight excluding hydrogens is 1460 g/mol. The van der Waals surface area contributed by atoms with E-state index in [2.05, 4.69) is 78.8 Å². The minimum absolute atomic E-state index is 0.0114. The van der Waals surface area contributed by atoms with Gasteiger partial charge >= 0.3 is 18.1 Å². The fraction of sp³-hybridized carbons (Fsp3) is 0.481. The van der Waals surface area contributed by atoms with Gasteiger partial charge in [0.15, 0.2) is 18.9 Å². The first-order chi connectivity index (χ1) is 55.2. The zero-order chi connectivity index (χ0) is 80.4. The number of fused-ring (bicyclic) bond motifs is 3. The minimum atomic E-state index is -0.411. The Labute approximate surface area is 660 Å². The van der Waals surface area contributed by atoms with Crippen LogP contribution in [0.3, 0.4) is 0 Å². The lowest BCUT2D eigenvalue weighted by atomic mass is 10.0. The predicted octanol–water partition coefficient (Wildman–Crippen LogP) is 8.22.